The Balaban J connectivity index is 1.55. The normalized spacial score (nSPS) is 17.2. The number of hydrogen-bond acceptors (Lipinski definition) is 2. The molecule has 1 fully saturated rings. The van der Waals surface area contributed by atoms with E-state index in [9.17, 15) is 22.8 Å². The Morgan fingerprint density at radius 3 is 2.56 bits per heavy atom. The Kier molecular flexibility index (Phi) is 5.48. The minimum absolute atomic E-state index is 0.0113. The van der Waals surface area contributed by atoms with Crippen LogP contribution in [0.1, 0.15) is 27.9 Å². The summed E-state index contributed by atoms with van der Waals surface area (Å²) in [6.45, 7) is 1.26. The molecule has 0 aliphatic carbocycles. The van der Waals surface area contributed by atoms with Crippen LogP contribution < -0.4 is 5.32 Å². The molecule has 0 aromatic heterocycles. The SMILES string of the molecule is O=C(NCC1CC(=O)N(Cc2ccccc2)C1)c1cccc(C(F)(F)F)c1. The van der Waals surface area contributed by atoms with Gasteiger partial charge in [0.15, 0.2) is 0 Å². The van der Waals surface area contributed by atoms with Crippen molar-refractivity contribution in [2.45, 2.75) is 19.1 Å². The van der Waals surface area contributed by atoms with Crippen LogP contribution in [0.15, 0.2) is 54.6 Å². The number of halogens is 3. The van der Waals surface area contributed by atoms with Crippen molar-refractivity contribution in [1.82, 2.24) is 10.2 Å². The lowest BCUT2D eigenvalue weighted by molar-refractivity contribution is -0.137. The summed E-state index contributed by atoms with van der Waals surface area (Å²) in [5.74, 6) is -0.622. The molecular weight excluding hydrogens is 357 g/mol. The first kappa shape index (κ1) is 18.9. The van der Waals surface area contributed by atoms with Crippen LogP contribution in [0.5, 0.6) is 0 Å². The van der Waals surface area contributed by atoms with Crippen molar-refractivity contribution >= 4 is 11.8 Å². The van der Waals surface area contributed by atoms with Gasteiger partial charge >= 0.3 is 6.18 Å². The van der Waals surface area contributed by atoms with E-state index in [4.69, 9.17) is 0 Å². The van der Waals surface area contributed by atoms with Gasteiger partial charge in [-0.05, 0) is 23.8 Å². The highest BCUT2D eigenvalue weighted by atomic mass is 19.4. The molecule has 1 N–H and O–H groups in total. The molecule has 2 amide bonds. The summed E-state index contributed by atoms with van der Waals surface area (Å²) in [4.78, 5) is 26.0. The number of nitrogens with zero attached hydrogens (tertiary/aromatic N) is 1. The summed E-state index contributed by atoms with van der Waals surface area (Å²) >= 11 is 0. The highest BCUT2D eigenvalue weighted by Crippen LogP contribution is 2.29. The van der Waals surface area contributed by atoms with Gasteiger partial charge in [0.25, 0.3) is 5.91 Å². The number of carbonyl (C=O) groups excluding carboxylic acids is 2. The zero-order valence-electron chi connectivity index (χ0n) is 14.5. The van der Waals surface area contributed by atoms with Gasteiger partial charge < -0.3 is 10.2 Å². The number of carbonyl (C=O) groups is 2. The third-order valence-electron chi connectivity index (χ3n) is 4.51. The van der Waals surface area contributed by atoms with Crippen molar-refractivity contribution in [3.63, 3.8) is 0 Å². The van der Waals surface area contributed by atoms with Crippen LogP contribution in [0.25, 0.3) is 0 Å². The predicted octanol–water partition coefficient (Wildman–Crippen LogP) is 3.48. The van der Waals surface area contributed by atoms with Gasteiger partial charge in [0, 0.05) is 37.5 Å². The molecule has 0 radical (unpaired) electrons. The molecule has 142 valence electrons. The lowest BCUT2D eigenvalue weighted by Gasteiger charge is -2.17. The second kappa shape index (κ2) is 7.82. The summed E-state index contributed by atoms with van der Waals surface area (Å²) < 4.78 is 38.3. The van der Waals surface area contributed by atoms with Crippen molar-refractivity contribution in [2.75, 3.05) is 13.1 Å². The molecule has 7 heteroatoms. The average molecular weight is 376 g/mol. The van der Waals surface area contributed by atoms with Gasteiger partial charge in [-0.1, -0.05) is 36.4 Å². The smallest absolute Gasteiger partial charge is 0.352 e. The Morgan fingerprint density at radius 1 is 1.11 bits per heavy atom. The zero-order valence-corrected chi connectivity index (χ0v) is 14.5. The predicted molar refractivity (Wildman–Crippen MR) is 93.7 cm³/mol. The van der Waals surface area contributed by atoms with E-state index >= 15 is 0 Å². The second-order valence-corrected chi connectivity index (χ2v) is 6.62. The lowest BCUT2D eigenvalue weighted by Crippen LogP contribution is -2.31. The van der Waals surface area contributed by atoms with Gasteiger partial charge in [-0.2, -0.15) is 13.2 Å². The molecule has 3 rings (SSSR count). The fourth-order valence-corrected chi connectivity index (χ4v) is 3.12. The summed E-state index contributed by atoms with van der Waals surface area (Å²) in [6, 6.07) is 13.9. The van der Waals surface area contributed by atoms with E-state index in [0.717, 1.165) is 17.7 Å². The first-order chi connectivity index (χ1) is 12.8. The van der Waals surface area contributed by atoms with Crippen LogP contribution in [-0.2, 0) is 17.5 Å². The van der Waals surface area contributed by atoms with Gasteiger partial charge in [0.1, 0.15) is 0 Å². The molecule has 0 spiro atoms. The second-order valence-electron chi connectivity index (χ2n) is 6.62. The standard InChI is InChI=1S/C20H19F3N2O2/c21-20(22,23)17-8-4-7-16(10-17)19(27)24-11-15-9-18(26)25(13-15)12-14-5-2-1-3-6-14/h1-8,10,15H,9,11-13H2,(H,24,27). The maximum Gasteiger partial charge on any atom is 0.416 e. The van der Waals surface area contributed by atoms with E-state index in [1.54, 1.807) is 4.90 Å². The maximum atomic E-state index is 12.8. The highest BCUT2D eigenvalue weighted by Gasteiger charge is 2.32. The fraction of sp³-hybridized carbons (Fsp3) is 0.300. The Bertz CT molecular complexity index is 821. The van der Waals surface area contributed by atoms with Crippen LogP contribution in [0.3, 0.4) is 0 Å². The molecule has 1 heterocycles. The Labute approximate surface area is 155 Å². The van der Waals surface area contributed by atoms with Crippen molar-refractivity contribution in [1.29, 1.82) is 0 Å². The third-order valence-corrected chi connectivity index (χ3v) is 4.51. The van der Waals surface area contributed by atoms with Gasteiger partial charge in [0.05, 0.1) is 5.56 Å². The fourth-order valence-electron chi connectivity index (χ4n) is 3.12. The number of alkyl halides is 3. The molecule has 1 atom stereocenters. The number of hydrogen-bond donors (Lipinski definition) is 1. The number of amides is 2. The van der Waals surface area contributed by atoms with Crippen LogP contribution in [-0.4, -0.2) is 29.8 Å². The van der Waals surface area contributed by atoms with Crippen molar-refractivity contribution in [3.8, 4) is 0 Å². The largest absolute Gasteiger partial charge is 0.416 e. The number of nitrogens with one attached hydrogen (secondary N) is 1. The summed E-state index contributed by atoms with van der Waals surface area (Å²) in [7, 11) is 0. The van der Waals surface area contributed by atoms with E-state index in [0.29, 0.717) is 19.5 Å². The molecule has 1 aliphatic rings. The van der Waals surface area contributed by atoms with Crippen LogP contribution >= 0.6 is 0 Å². The molecule has 4 nitrogen and oxygen atoms in total. The molecule has 1 saturated heterocycles. The monoisotopic (exact) mass is 376 g/mol. The lowest BCUT2D eigenvalue weighted by atomic mass is 10.1. The number of rotatable bonds is 5. The number of benzene rings is 2. The summed E-state index contributed by atoms with van der Waals surface area (Å²) in [5.41, 5.74) is 0.120. The Morgan fingerprint density at radius 2 is 1.85 bits per heavy atom. The zero-order chi connectivity index (χ0) is 19.4. The quantitative estimate of drug-likeness (QED) is 0.869. The summed E-state index contributed by atoms with van der Waals surface area (Å²) in [5, 5.41) is 2.64. The topological polar surface area (TPSA) is 49.4 Å². The van der Waals surface area contributed by atoms with Gasteiger partial charge in [0.2, 0.25) is 5.91 Å². The van der Waals surface area contributed by atoms with Gasteiger partial charge in [-0.15, -0.1) is 0 Å². The Hall–Kier alpha value is -2.83. The maximum absolute atomic E-state index is 12.8. The van der Waals surface area contributed by atoms with Crippen molar-refractivity contribution < 1.29 is 22.8 Å². The van der Waals surface area contributed by atoms with Crippen LogP contribution in [0.2, 0.25) is 0 Å². The molecule has 0 saturated carbocycles. The van der Waals surface area contributed by atoms with E-state index in [1.165, 1.54) is 12.1 Å². The summed E-state index contributed by atoms with van der Waals surface area (Å²) in [6.07, 6.45) is -4.18. The van der Waals surface area contributed by atoms with Crippen LogP contribution in [0.4, 0.5) is 13.2 Å². The molecular formula is C20H19F3N2O2. The molecule has 0 bridgehead atoms. The minimum atomic E-state index is -4.49. The van der Waals surface area contributed by atoms with Crippen LogP contribution in [0, 0.1) is 5.92 Å². The first-order valence-corrected chi connectivity index (χ1v) is 8.60. The molecule has 2 aromatic carbocycles. The molecule has 27 heavy (non-hydrogen) atoms. The minimum Gasteiger partial charge on any atom is -0.352 e. The van der Waals surface area contributed by atoms with E-state index in [-0.39, 0.29) is 23.9 Å². The first-order valence-electron chi connectivity index (χ1n) is 8.60. The molecule has 1 unspecified atom stereocenters. The van der Waals surface area contributed by atoms with Gasteiger partial charge in [-0.25, -0.2) is 0 Å². The van der Waals surface area contributed by atoms with Gasteiger partial charge in [-0.3, -0.25) is 9.59 Å². The van der Waals surface area contributed by atoms with E-state index in [2.05, 4.69) is 5.32 Å². The molecule has 1 aliphatic heterocycles. The van der Waals surface area contributed by atoms with E-state index in [1.807, 2.05) is 30.3 Å². The highest BCUT2D eigenvalue weighted by molar-refractivity contribution is 5.94. The van der Waals surface area contributed by atoms with E-state index < -0.39 is 17.6 Å². The van der Waals surface area contributed by atoms with Crippen molar-refractivity contribution in [2.24, 2.45) is 5.92 Å². The number of likely N-dealkylation sites (tertiary alicyclic amines) is 1. The third kappa shape index (κ3) is 4.87. The van der Waals surface area contributed by atoms with Crippen molar-refractivity contribution in [3.05, 3.63) is 71.3 Å². The molecule has 2 aromatic rings. The average Bonchev–Trinajstić information content (AvgIpc) is 2.99.